The average molecular weight is 345 g/mol. The highest BCUT2D eigenvalue weighted by Gasteiger charge is 2.56. The molecule has 1 aliphatic carbocycles. The largest absolute Gasteiger partial charge is 0.376 e. The molecule has 0 spiro atoms. The van der Waals surface area contributed by atoms with Gasteiger partial charge >= 0.3 is 0 Å². The molecule has 136 valence electrons. The van der Waals surface area contributed by atoms with Gasteiger partial charge in [0.1, 0.15) is 5.56 Å². The van der Waals surface area contributed by atoms with Gasteiger partial charge in [0.05, 0.1) is 18.2 Å². The number of fused-ring (bicyclic) bond motifs is 1. The number of hydrogen-bond acceptors (Lipinski definition) is 4. The Morgan fingerprint density at radius 2 is 2.04 bits per heavy atom. The van der Waals surface area contributed by atoms with Crippen molar-refractivity contribution in [2.75, 3.05) is 19.7 Å². The molecule has 3 aliphatic rings. The fraction of sp³-hybridized carbons (Fsp3) is 0.684. The summed E-state index contributed by atoms with van der Waals surface area (Å²) in [4.78, 5) is 30.2. The van der Waals surface area contributed by atoms with Crippen molar-refractivity contribution in [2.45, 2.75) is 57.7 Å². The number of carbonyl (C=O) groups excluding carboxylic acids is 1. The fourth-order valence-electron chi connectivity index (χ4n) is 4.64. The molecule has 1 saturated carbocycles. The molecule has 6 nitrogen and oxygen atoms in total. The second kappa shape index (κ2) is 6.57. The molecule has 3 heterocycles. The summed E-state index contributed by atoms with van der Waals surface area (Å²) in [6, 6.07) is 2.03. The maximum absolute atomic E-state index is 12.8. The molecule has 1 aromatic heterocycles. The molecule has 1 amide bonds. The van der Waals surface area contributed by atoms with Crippen LogP contribution in [0, 0.1) is 19.8 Å². The second-order valence-electron chi connectivity index (χ2n) is 7.69. The van der Waals surface area contributed by atoms with E-state index in [0.717, 1.165) is 37.4 Å². The van der Waals surface area contributed by atoms with Crippen LogP contribution in [0.25, 0.3) is 0 Å². The Labute approximate surface area is 147 Å². The van der Waals surface area contributed by atoms with Gasteiger partial charge in [0.2, 0.25) is 0 Å². The summed E-state index contributed by atoms with van der Waals surface area (Å²) in [5, 5.41) is 3.16. The molecule has 0 aromatic carbocycles. The first-order valence-electron chi connectivity index (χ1n) is 9.43. The zero-order valence-electron chi connectivity index (χ0n) is 15.0. The number of rotatable bonds is 3. The molecule has 4 atom stereocenters. The Morgan fingerprint density at radius 1 is 1.28 bits per heavy atom. The predicted molar refractivity (Wildman–Crippen MR) is 94.8 cm³/mol. The van der Waals surface area contributed by atoms with E-state index in [-0.39, 0.29) is 35.2 Å². The van der Waals surface area contributed by atoms with Gasteiger partial charge in [-0.15, -0.1) is 0 Å². The SMILES string of the molecule is Cc1cc(C(=O)N[C@H]2[C@H]3CCO[C@H]3[C@@H]2N2CCCCC2)c(=O)[nH]c1C. The number of piperidine rings is 1. The summed E-state index contributed by atoms with van der Waals surface area (Å²) >= 11 is 0. The van der Waals surface area contributed by atoms with E-state index >= 15 is 0 Å². The van der Waals surface area contributed by atoms with Crippen LogP contribution in [0.15, 0.2) is 10.9 Å². The van der Waals surface area contributed by atoms with Crippen molar-refractivity contribution in [3.05, 3.63) is 33.2 Å². The maximum atomic E-state index is 12.8. The maximum Gasteiger partial charge on any atom is 0.261 e. The third kappa shape index (κ3) is 2.91. The Kier molecular flexibility index (Phi) is 4.41. The zero-order chi connectivity index (χ0) is 17.6. The van der Waals surface area contributed by atoms with Gasteiger partial charge in [-0.05, 0) is 57.8 Å². The number of nitrogens with zero attached hydrogens (tertiary/aromatic N) is 1. The van der Waals surface area contributed by atoms with Crippen LogP contribution in [-0.4, -0.2) is 53.7 Å². The molecular formula is C19H27N3O3. The number of H-pyrrole nitrogens is 1. The molecule has 0 bridgehead atoms. The predicted octanol–water partition coefficient (Wildman–Crippen LogP) is 1.36. The van der Waals surface area contributed by atoms with Crippen LogP contribution in [-0.2, 0) is 4.74 Å². The van der Waals surface area contributed by atoms with E-state index < -0.39 is 0 Å². The number of likely N-dealkylation sites (tertiary alicyclic amines) is 1. The summed E-state index contributed by atoms with van der Waals surface area (Å²) in [6.45, 7) is 6.68. The highest BCUT2D eigenvalue weighted by Crippen LogP contribution is 2.42. The first-order chi connectivity index (χ1) is 12.1. The summed E-state index contributed by atoms with van der Waals surface area (Å²) in [5.74, 6) is 0.114. The van der Waals surface area contributed by atoms with Crippen molar-refractivity contribution < 1.29 is 9.53 Å². The molecule has 25 heavy (non-hydrogen) atoms. The van der Waals surface area contributed by atoms with E-state index in [4.69, 9.17) is 4.74 Å². The summed E-state index contributed by atoms with van der Waals surface area (Å²) in [5.41, 5.74) is 1.63. The second-order valence-corrected chi connectivity index (χ2v) is 7.69. The van der Waals surface area contributed by atoms with E-state index in [1.54, 1.807) is 6.07 Å². The zero-order valence-corrected chi connectivity index (χ0v) is 15.0. The minimum atomic E-state index is -0.311. The van der Waals surface area contributed by atoms with Crippen LogP contribution in [0.2, 0.25) is 0 Å². The van der Waals surface area contributed by atoms with Crippen LogP contribution in [0.1, 0.15) is 47.3 Å². The summed E-state index contributed by atoms with van der Waals surface area (Å²) in [7, 11) is 0. The number of aromatic nitrogens is 1. The number of ether oxygens (including phenoxy) is 1. The standard InChI is InChI=1S/C19H27N3O3/c1-11-10-14(18(23)20-12(11)2)19(24)21-15-13-6-9-25-17(13)16(15)22-7-4-3-5-8-22/h10,13,15-17H,3-9H2,1-2H3,(H,20,23)(H,21,24)/t13-,15+,16-,17-/m1/s1. The molecule has 2 saturated heterocycles. The van der Waals surface area contributed by atoms with Gasteiger partial charge in [0.25, 0.3) is 11.5 Å². The van der Waals surface area contributed by atoms with Crippen LogP contribution in [0.3, 0.4) is 0 Å². The van der Waals surface area contributed by atoms with Crippen molar-refractivity contribution in [3.63, 3.8) is 0 Å². The first-order valence-corrected chi connectivity index (χ1v) is 9.43. The van der Waals surface area contributed by atoms with Crippen LogP contribution >= 0.6 is 0 Å². The van der Waals surface area contributed by atoms with Gasteiger partial charge in [-0.1, -0.05) is 6.42 Å². The van der Waals surface area contributed by atoms with E-state index in [9.17, 15) is 9.59 Å². The Balaban J connectivity index is 1.53. The van der Waals surface area contributed by atoms with Gasteiger partial charge in [-0.2, -0.15) is 0 Å². The number of pyridine rings is 1. The lowest BCUT2D eigenvalue weighted by atomic mass is 9.70. The molecule has 4 rings (SSSR count). The quantitative estimate of drug-likeness (QED) is 0.868. The van der Waals surface area contributed by atoms with Gasteiger partial charge in [0.15, 0.2) is 0 Å². The van der Waals surface area contributed by atoms with E-state index in [1.807, 2.05) is 13.8 Å². The van der Waals surface area contributed by atoms with Gasteiger partial charge in [-0.25, -0.2) is 0 Å². The third-order valence-corrected chi connectivity index (χ3v) is 6.20. The van der Waals surface area contributed by atoms with E-state index in [0.29, 0.717) is 5.92 Å². The Hall–Kier alpha value is -1.66. The summed E-state index contributed by atoms with van der Waals surface area (Å²) < 4.78 is 5.93. The van der Waals surface area contributed by atoms with Crippen molar-refractivity contribution >= 4 is 5.91 Å². The highest BCUT2D eigenvalue weighted by atomic mass is 16.5. The molecular weight excluding hydrogens is 318 g/mol. The van der Waals surface area contributed by atoms with Crippen LogP contribution < -0.4 is 10.9 Å². The topological polar surface area (TPSA) is 74.4 Å². The smallest absolute Gasteiger partial charge is 0.261 e. The molecule has 6 heteroatoms. The minimum Gasteiger partial charge on any atom is -0.376 e. The Bertz CT molecular complexity index is 723. The number of aryl methyl sites for hydroxylation is 2. The lowest BCUT2D eigenvalue weighted by Gasteiger charge is -2.53. The monoisotopic (exact) mass is 345 g/mol. The molecule has 2 N–H and O–H groups in total. The third-order valence-electron chi connectivity index (χ3n) is 6.20. The first kappa shape index (κ1) is 16.8. The number of nitrogens with one attached hydrogen (secondary N) is 2. The number of aromatic amines is 1. The molecule has 3 fully saturated rings. The summed E-state index contributed by atoms with van der Waals surface area (Å²) in [6.07, 6.45) is 4.94. The molecule has 0 radical (unpaired) electrons. The van der Waals surface area contributed by atoms with Gasteiger partial charge in [-0.3, -0.25) is 14.5 Å². The average Bonchev–Trinajstić information content (AvgIpc) is 3.00. The van der Waals surface area contributed by atoms with Crippen LogP contribution in [0.4, 0.5) is 0 Å². The lowest BCUT2D eigenvalue weighted by Crippen LogP contribution is -2.71. The number of amides is 1. The van der Waals surface area contributed by atoms with Crippen molar-refractivity contribution in [1.29, 1.82) is 0 Å². The van der Waals surface area contributed by atoms with Gasteiger partial charge in [0, 0.05) is 18.2 Å². The Morgan fingerprint density at radius 3 is 2.80 bits per heavy atom. The fourth-order valence-corrected chi connectivity index (χ4v) is 4.64. The molecule has 2 aliphatic heterocycles. The van der Waals surface area contributed by atoms with E-state index in [2.05, 4.69) is 15.2 Å². The highest BCUT2D eigenvalue weighted by molar-refractivity contribution is 5.94. The lowest BCUT2D eigenvalue weighted by molar-refractivity contribution is -0.0862. The molecule has 0 unspecified atom stereocenters. The van der Waals surface area contributed by atoms with E-state index in [1.165, 1.54) is 19.3 Å². The number of hydrogen-bond donors (Lipinski definition) is 2. The number of carbonyl (C=O) groups is 1. The van der Waals surface area contributed by atoms with Crippen molar-refractivity contribution in [3.8, 4) is 0 Å². The van der Waals surface area contributed by atoms with Crippen molar-refractivity contribution in [1.82, 2.24) is 15.2 Å². The van der Waals surface area contributed by atoms with Gasteiger partial charge < -0.3 is 15.0 Å². The van der Waals surface area contributed by atoms with Crippen LogP contribution in [0.5, 0.6) is 0 Å². The minimum absolute atomic E-state index is 0.0825. The molecule has 1 aromatic rings. The van der Waals surface area contributed by atoms with Crippen molar-refractivity contribution in [2.24, 2.45) is 5.92 Å². The normalized spacial score (nSPS) is 32.1.